The number of hydrogen-bond donors (Lipinski definition) is 1. The minimum atomic E-state index is 0.0943. The Morgan fingerprint density at radius 3 is 2.55 bits per heavy atom. The summed E-state index contributed by atoms with van der Waals surface area (Å²) in [5.74, 6) is 0. The maximum absolute atomic E-state index is 10.8. The Balaban J connectivity index is 0.000000461. The standard InChI is InChI=1S/C6H12N2O.C2H6/c1-2-4-8-5-3-7-6(8)9;1-2/h2-5H2,1H3,(H,7,9);1-2H3. The summed E-state index contributed by atoms with van der Waals surface area (Å²) in [6.07, 6.45) is 1.05. The van der Waals surface area contributed by atoms with Crippen molar-refractivity contribution in [3.63, 3.8) is 0 Å². The van der Waals surface area contributed by atoms with E-state index >= 15 is 0 Å². The number of nitrogens with one attached hydrogen (secondary N) is 1. The topological polar surface area (TPSA) is 32.3 Å². The fourth-order valence-electron chi connectivity index (χ4n) is 0.994. The minimum Gasteiger partial charge on any atom is -0.336 e. The smallest absolute Gasteiger partial charge is 0.317 e. The normalized spacial score (nSPS) is 15.5. The van der Waals surface area contributed by atoms with Crippen molar-refractivity contribution in [1.82, 2.24) is 10.2 Å². The van der Waals surface area contributed by atoms with E-state index in [1.165, 1.54) is 0 Å². The molecule has 0 aliphatic carbocycles. The zero-order valence-corrected chi connectivity index (χ0v) is 7.68. The van der Waals surface area contributed by atoms with E-state index in [-0.39, 0.29) is 6.03 Å². The fourth-order valence-corrected chi connectivity index (χ4v) is 0.994. The van der Waals surface area contributed by atoms with Crippen molar-refractivity contribution in [3.05, 3.63) is 0 Å². The molecule has 2 amide bonds. The molecular weight excluding hydrogens is 140 g/mol. The Hall–Kier alpha value is -0.730. The summed E-state index contributed by atoms with van der Waals surface area (Å²) in [4.78, 5) is 12.6. The van der Waals surface area contributed by atoms with Crippen LogP contribution in [-0.2, 0) is 0 Å². The van der Waals surface area contributed by atoms with E-state index in [2.05, 4.69) is 12.2 Å². The molecule has 3 nitrogen and oxygen atoms in total. The molecular formula is C8H18N2O. The first kappa shape index (κ1) is 10.3. The van der Waals surface area contributed by atoms with Crippen LogP contribution in [0.4, 0.5) is 4.79 Å². The molecule has 1 rings (SSSR count). The molecule has 0 aromatic carbocycles. The van der Waals surface area contributed by atoms with Crippen LogP contribution in [0.3, 0.4) is 0 Å². The molecule has 0 atom stereocenters. The molecule has 11 heavy (non-hydrogen) atoms. The van der Waals surface area contributed by atoms with Crippen molar-refractivity contribution in [3.8, 4) is 0 Å². The summed E-state index contributed by atoms with van der Waals surface area (Å²) in [5, 5.41) is 2.74. The molecule has 1 aliphatic rings. The van der Waals surface area contributed by atoms with Crippen molar-refractivity contribution < 1.29 is 4.79 Å². The Morgan fingerprint density at radius 1 is 1.55 bits per heavy atom. The summed E-state index contributed by atoms with van der Waals surface area (Å²) in [6, 6.07) is 0.0943. The van der Waals surface area contributed by atoms with Gasteiger partial charge >= 0.3 is 6.03 Å². The predicted octanol–water partition coefficient (Wildman–Crippen LogP) is 1.45. The van der Waals surface area contributed by atoms with Crippen LogP contribution in [0.2, 0.25) is 0 Å². The van der Waals surface area contributed by atoms with Gasteiger partial charge in [0.15, 0.2) is 0 Å². The average Bonchev–Trinajstić information content (AvgIpc) is 2.42. The van der Waals surface area contributed by atoms with Crippen LogP contribution >= 0.6 is 0 Å². The summed E-state index contributed by atoms with van der Waals surface area (Å²) in [5.41, 5.74) is 0. The van der Waals surface area contributed by atoms with Gasteiger partial charge in [0.25, 0.3) is 0 Å². The molecule has 0 unspecified atom stereocenters. The maximum Gasteiger partial charge on any atom is 0.317 e. The summed E-state index contributed by atoms with van der Waals surface area (Å²) in [7, 11) is 0. The number of amides is 2. The van der Waals surface area contributed by atoms with Gasteiger partial charge in [0, 0.05) is 19.6 Å². The van der Waals surface area contributed by atoms with Crippen molar-refractivity contribution >= 4 is 6.03 Å². The first-order valence-corrected chi connectivity index (χ1v) is 4.37. The number of urea groups is 1. The highest BCUT2D eigenvalue weighted by Crippen LogP contribution is 1.96. The van der Waals surface area contributed by atoms with Crippen LogP contribution in [0.15, 0.2) is 0 Å². The molecule has 0 bridgehead atoms. The summed E-state index contributed by atoms with van der Waals surface area (Å²) in [6.45, 7) is 8.67. The van der Waals surface area contributed by atoms with Gasteiger partial charge in [0.1, 0.15) is 0 Å². The first-order valence-electron chi connectivity index (χ1n) is 4.37. The van der Waals surface area contributed by atoms with Crippen LogP contribution in [-0.4, -0.2) is 30.6 Å². The Bertz CT molecular complexity index is 115. The van der Waals surface area contributed by atoms with E-state index < -0.39 is 0 Å². The van der Waals surface area contributed by atoms with E-state index in [0.717, 1.165) is 26.1 Å². The van der Waals surface area contributed by atoms with Gasteiger partial charge < -0.3 is 10.2 Å². The highest BCUT2D eigenvalue weighted by atomic mass is 16.2. The molecule has 0 radical (unpaired) electrons. The van der Waals surface area contributed by atoms with E-state index in [0.29, 0.717) is 0 Å². The van der Waals surface area contributed by atoms with Gasteiger partial charge in [0.2, 0.25) is 0 Å². The predicted molar refractivity (Wildman–Crippen MR) is 46.6 cm³/mol. The van der Waals surface area contributed by atoms with Crippen LogP contribution in [0.1, 0.15) is 27.2 Å². The van der Waals surface area contributed by atoms with Crippen LogP contribution in [0.5, 0.6) is 0 Å². The molecule has 1 aliphatic heterocycles. The Morgan fingerprint density at radius 2 is 2.18 bits per heavy atom. The number of rotatable bonds is 2. The van der Waals surface area contributed by atoms with Crippen LogP contribution in [0.25, 0.3) is 0 Å². The van der Waals surface area contributed by atoms with Crippen LogP contribution in [0, 0.1) is 0 Å². The maximum atomic E-state index is 10.8. The number of carbonyl (C=O) groups excluding carboxylic acids is 1. The second-order valence-electron chi connectivity index (χ2n) is 2.22. The first-order chi connectivity index (χ1) is 5.34. The SMILES string of the molecule is CC.CCCN1CCNC1=O. The van der Waals surface area contributed by atoms with Crippen LogP contribution < -0.4 is 5.32 Å². The Labute approximate surface area is 68.8 Å². The van der Waals surface area contributed by atoms with E-state index in [1.54, 1.807) is 0 Å². The third-order valence-electron chi connectivity index (χ3n) is 1.44. The molecule has 0 spiro atoms. The van der Waals surface area contributed by atoms with E-state index in [4.69, 9.17) is 0 Å². The highest BCUT2D eigenvalue weighted by molar-refractivity contribution is 5.76. The second kappa shape index (κ2) is 6.01. The van der Waals surface area contributed by atoms with Crippen molar-refractivity contribution in [2.75, 3.05) is 19.6 Å². The summed E-state index contributed by atoms with van der Waals surface area (Å²) >= 11 is 0. The zero-order valence-electron chi connectivity index (χ0n) is 7.68. The lowest BCUT2D eigenvalue weighted by Crippen LogP contribution is -2.28. The average molecular weight is 158 g/mol. The third-order valence-corrected chi connectivity index (χ3v) is 1.44. The van der Waals surface area contributed by atoms with Crippen molar-refractivity contribution in [2.45, 2.75) is 27.2 Å². The Kier molecular flexibility index (Phi) is 5.61. The molecule has 66 valence electrons. The molecule has 0 aromatic heterocycles. The van der Waals surface area contributed by atoms with Gasteiger partial charge in [-0.2, -0.15) is 0 Å². The van der Waals surface area contributed by atoms with Gasteiger partial charge in [0.05, 0.1) is 0 Å². The minimum absolute atomic E-state index is 0.0943. The third kappa shape index (κ3) is 3.25. The van der Waals surface area contributed by atoms with Gasteiger partial charge in [-0.25, -0.2) is 4.79 Å². The molecule has 1 saturated heterocycles. The van der Waals surface area contributed by atoms with E-state index in [9.17, 15) is 4.79 Å². The molecule has 1 heterocycles. The molecule has 0 aromatic rings. The quantitative estimate of drug-likeness (QED) is 0.648. The molecule has 0 saturated carbocycles. The summed E-state index contributed by atoms with van der Waals surface area (Å²) < 4.78 is 0. The van der Waals surface area contributed by atoms with Crippen molar-refractivity contribution in [1.29, 1.82) is 0 Å². The largest absolute Gasteiger partial charge is 0.336 e. The molecule has 3 heteroatoms. The lowest BCUT2D eigenvalue weighted by Gasteiger charge is -2.10. The molecule has 1 N–H and O–H groups in total. The monoisotopic (exact) mass is 158 g/mol. The lowest BCUT2D eigenvalue weighted by atomic mass is 10.4. The highest BCUT2D eigenvalue weighted by Gasteiger charge is 2.16. The lowest BCUT2D eigenvalue weighted by molar-refractivity contribution is 0.217. The van der Waals surface area contributed by atoms with Gasteiger partial charge in [-0.15, -0.1) is 0 Å². The van der Waals surface area contributed by atoms with Crippen molar-refractivity contribution in [2.24, 2.45) is 0 Å². The molecule has 1 fully saturated rings. The van der Waals surface area contributed by atoms with E-state index in [1.807, 2.05) is 18.7 Å². The van der Waals surface area contributed by atoms with Gasteiger partial charge in [-0.1, -0.05) is 20.8 Å². The number of hydrogen-bond acceptors (Lipinski definition) is 1. The zero-order chi connectivity index (χ0) is 8.69. The van der Waals surface area contributed by atoms with Gasteiger partial charge in [-0.05, 0) is 6.42 Å². The number of nitrogens with zero attached hydrogens (tertiary/aromatic N) is 1. The fraction of sp³-hybridized carbons (Fsp3) is 0.875. The second-order valence-corrected chi connectivity index (χ2v) is 2.22. The van der Waals surface area contributed by atoms with Gasteiger partial charge in [-0.3, -0.25) is 0 Å². The number of carbonyl (C=O) groups is 1.